The second-order valence-corrected chi connectivity index (χ2v) is 7.77. The van der Waals surface area contributed by atoms with Crippen molar-refractivity contribution in [2.75, 3.05) is 0 Å². The van der Waals surface area contributed by atoms with E-state index in [-0.39, 0.29) is 5.91 Å². The number of hydrazone groups is 1. The lowest BCUT2D eigenvalue weighted by Gasteiger charge is -2.09. The molecule has 0 aliphatic carbocycles. The Morgan fingerprint density at radius 1 is 1.07 bits per heavy atom. The van der Waals surface area contributed by atoms with Crippen LogP contribution in [0.5, 0.6) is 5.75 Å². The Morgan fingerprint density at radius 2 is 1.83 bits per heavy atom. The first kappa shape index (κ1) is 20.8. The van der Waals surface area contributed by atoms with Crippen molar-refractivity contribution in [2.45, 2.75) is 26.9 Å². The number of ether oxygens (including phenoxy) is 1. The van der Waals surface area contributed by atoms with Crippen LogP contribution in [0, 0.1) is 13.8 Å². The van der Waals surface area contributed by atoms with E-state index in [4.69, 9.17) is 4.74 Å². The summed E-state index contributed by atoms with van der Waals surface area (Å²) in [7, 11) is 0. The van der Waals surface area contributed by atoms with Crippen LogP contribution in [0.25, 0.3) is 0 Å². The molecule has 5 heteroatoms. The molecule has 0 unspecified atom stereocenters. The van der Waals surface area contributed by atoms with E-state index in [0.29, 0.717) is 18.8 Å². The van der Waals surface area contributed by atoms with E-state index in [1.807, 2.05) is 74.5 Å². The summed E-state index contributed by atoms with van der Waals surface area (Å²) in [6.45, 7) is 4.51. The quantitative estimate of drug-likeness (QED) is 0.390. The number of nitrogens with zero attached hydrogens (tertiary/aromatic N) is 1. The van der Waals surface area contributed by atoms with E-state index in [9.17, 15) is 4.79 Å². The molecular formula is C24H23BrN2O2. The third-order valence-electron chi connectivity index (χ3n) is 4.47. The van der Waals surface area contributed by atoms with Crippen LogP contribution >= 0.6 is 15.9 Å². The minimum absolute atomic E-state index is 0.151. The van der Waals surface area contributed by atoms with Crippen molar-refractivity contribution in [3.8, 4) is 5.75 Å². The molecule has 0 aliphatic rings. The van der Waals surface area contributed by atoms with E-state index in [2.05, 4.69) is 32.5 Å². The second-order valence-electron chi connectivity index (χ2n) is 6.85. The fourth-order valence-corrected chi connectivity index (χ4v) is 3.16. The molecule has 0 heterocycles. The van der Waals surface area contributed by atoms with Gasteiger partial charge in [0.1, 0.15) is 12.4 Å². The fourth-order valence-electron chi connectivity index (χ4n) is 2.89. The summed E-state index contributed by atoms with van der Waals surface area (Å²) in [5.41, 5.74) is 7.77. The molecule has 0 radical (unpaired) electrons. The summed E-state index contributed by atoms with van der Waals surface area (Å²) in [5, 5.41) is 4.10. The number of rotatable bonds is 7. The van der Waals surface area contributed by atoms with Gasteiger partial charge in [0, 0.05) is 10.0 Å². The van der Waals surface area contributed by atoms with Crippen molar-refractivity contribution in [3.05, 3.63) is 99.0 Å². The Balaban J connectivity index is 1.58. The SMILES string of the molecule is Cc1ccc(CC(=O)N/N=C\c2ccccc2OCc2ccc(Br)cc2)c(C)c1. The summed E-state index contributed by atoms with van der Waals surface area (Å²) >= 11 is 3.43. The lowest BCUT2D eigenvalue weighted by molar-refractivity contribution is -0.120. The maximum atomic E-state index is 12.2. The highest BCUT2D eigenvalue weighted by Crippen LogP contribution is 2.18. The molecule has 0 aromatic heterocycles. The number of hydrogen-bond acceptors (Lipinski definition) is 3. The number of carbonyl (C=O) groups is 1. The maximum Gasteiger partial charge on any atom is 0.244 e. The van der Waals surface area contributed by atoms with Crippen molar-refractivity contribution in [3.63, 3.8) is 0 Å². The largest absolute Gasteiger partial charge is 0.488 e. The molecule has 0 saturated heterocycles. The van der Waals surface area contributed by atoms with Crippen LogP contribution in [0.3, 0.4) is 0 Å². The van der Waals surface area contributed by atoms with Crippen LogP contribution in [0.4, 0.5) is 0 Å². The Morgan fingerprint density at radius 3 is 2.59 bits per heavy atom. The molecule has 148 valence electrons. The Labute approximate surface area is 179 Å². The number of amides is 1. The van der Waals surface area contributed by atoms with Gasteiger partial charge in [0.15, 0.2) is 0 Å². The highest BCUT2D eigenvalue weighted by atomic mass is 79.9. The first-order chi connectivity index (χ1) is 14.0. The molecule has 1 N–H and O–H groups in total. The topological polar surface area (TPSA) is 50.7 Å². The summed E-state index contributed by atoms with van der Waals surface area (Å²) in [5.74, 6) is 0.560. The van der Waals surface area contributed by atoms with Gasteiger partial charge in [0.25, 0.3) is 0 Å². The van der Waals surface area contributed by atoms with Crippen molar-refractivity contribution in [1.29, 1.82) is 0 Å². The Bertz CT molecular complexity index is 1010. The van der Waals surface area contributed by atoms with Gasteiger partial charge in [-0.15, -0.1) is 0 Å². The zero-order valence-corrected chi connectivity index (χ0v) is 18.1. The number of aryl methyl sites for hydroxylation is 2. The third-order valence-corrected chi connectivity index (χ3v) is 5.00. The number of para-hydroxylation sites is 1. The third kappa shape index (κ3) is 6.29. The molecule has 0 saturated carbocycles. The maximum absolute atomic E-state index is 12.2. The smallest absolute Gasteiger partial charge is 0.244 e. The van der Waals surface area contributed by atoms with Crippen LogP contribution < -0.4 is 10.2 Å². The summed E-state index contributed by atoms with van der Waals surface area (Å²) < 4.78 is 6.96. The Kier molecular flexibility index (Phi) is 7.19. The highest BCUT2D eigenvalue weighted by molar-refractivity contribution is 9.10. The average Bonchev–Trinajstić information content (AvgIpc) is 2.70. The van der Waals surface area contributed by atoms with Gasteiger partial charge in [0.2, 0.25) is 5.91 Å². The van der Waals surface area contributed by atoms with E-state index in [0.717, 1.165) is 26.7 Å². The average molecular weight is 451 g/mol. The molecule has 3 aromatic rings. The van der Waals surface area contributed by atoms with Gasteiger partial charge in [0.05, 0.1) is 12.6 Å². The first-order valence-corrected chi connectivity index (χ1v) is 10.1. The van der Waals surface area contributed by atoms with Crippen molar-refractivity contribution < 1.29 is 9.53 Å². The number of halogens is 1. The van der Waals surface area contributed by atoms with Crippen molar-refractivity contribution in [2.24, 2.45) is 5.10 Å². The van der Waals surface area contributed by atoms with E-state index >= 15 is 0 Å². The van der Waals surface area contributed by atoms with Crippen molar-refractivity contribution in [1.82, 2.24) is 5.43 Å². The van der Waals surface area contributed by atoms with Crippen LogP contribution in [0.2, 0.25) is 0 Å². The predicted molar refractivity (Wildman–Crippen MR) is 120 cm³/mol. The van der Waals surface area contributed by atoms with Crippen LogP contribution in [-0.2, 0) is 17.8 Å². The van der Waals surface area contributed by atoms with Crippen LogP contribution in [-0.4, -0.2) is 12.1 Å². The van der Waals surface area contributed by atoms with E-state index in [1.165, 1.54) is 5.56 Å². The molecular weight excluding hydrogens is 428 g/mol. The number of hydrogen-bond donors (Lipinski definition) is 1. The van der Waals surface area contributed by atoms with Gasteiger partial charge >= 0.3 is 0 Å². The number of benzene rings is 3. The van der Waals surface area contributed by atoms with Gasteiger partial charge in [-0.25, -0.2) is 5.43 Å². The summed E-state index contributed by atoms with van der Waals surface area (Å²) in [4.78, 5) is 12.2. The predicted octanol–water partition coefficient (Wildman–Crippen LogP) is 5.34. The van der Waals surface area contributed by atoms with E-state index < -0.39 is 0 Å². The standard InChI is InChI=1S/C24H23BrN2O2/c1-17-7-10-20(18(2)13-17)14-24(28)27-26-15-21-5-3-4-6-23(21)29-16-19-8-11-22(25)12-9-19/h3-13,15H,14,16H2,1-2H3,(H,27,28)/b26-15-. The molecule has 4 nitrogen and oxygen atoms in total. The van der Waals surface area contributed by atoms with Gasteiger partial charge < -0.3 is 4.74 Å². The summed E-state index contributed by atoms with van der Waals surface area (Å²) in [6, 6.07) is 21.7. The molecule has 0 spiro atoms. The second kappa shape index (κ2) is 10.0. The molecule has 29 heavy (non-hydrogen) atoms. The van der Waals surface area contributed by atoms with Crippen molar-refractivity contribution >= 4 is 28.1 Å². The highest BCUT2D eigenvalue weighted by Gasteiger charge is 2.06. The first-order valence-electron chi connectivity index (χ1n) is 9.35. The van der Waals surface area contributed by atoms with Gasteiger partial charge in [-0.05, 0) is 54.8 Å². The monoisotopic (exact) mass is 450 g/mol. The lowest BCUT2D eigenvalue weighted by atomic mass is 10.0. The molecule has 3 aromatic carbocycles. The fraction of sp³-hybridized carbons (Fsp3) is 0.167. The molecule has 0 atom stereocenters. The van der Waals surface area contributed by atoms with Gasteiger partial charge in [-0.3, -0.25) is 4.79 Å². The minimum Gasteiger partial charge on any atom is -0.488 e. The molecule has 0 bridgehead atoms. The molecule has 0 aliphatic heterocycles. The van der Waals surface area contributed by atoms with Crippen LogP contribution in [0.1, 0.15) is 27.8 Å². The number of nitrogens with one attached hydrogen (secondary N) is 1. The van der Waals surface area contributed by atoms with E-state index in [1.54, 1.807) is 6.21 Å². The normalized spacial score (nSPS) is 10.9. The van der Waals surface area contributed by atoms with Gasteiger partial charge in [-0.1, -0.05) is 64.0 Å². The Hall–Kier alpha value is -2.92. The minimum atomic E-state index is -0.151. The molecule has 0 fully saturated rings. The molecule has 3 rings (SSSR count). The van der Waals surface area contributed by atoms with Crippen LogP contribution in [0.15, 0.2) is 76.3 Å². The zero-order valence-electron chi connectivity index (χ0n) is 16.5. The zero-order chi connectivity index (χ0) is 20.6. The number of carbonyl (C=O) groups excluding carboxylic acids is 1. The lowest BCUT2D eigenvalue weighted by Crippen LogP contribution is -2.20. The summed E-state index contributed by atoms with van der Waals surface area (Å²) in [6.07, 6.45) is 1.90. The van der Waals surface area contributed by atoms with Gasteiger partial charge in [-0.2, -0.15) is 5.10 Å². The molecule has 1 amide bonds.